The number of benzene rings is 3. The van der Waals surface area contributed by atoms with Crippen LogP contribution in [0, 0.1) is 0 Å². The number of aryl methyl sites for hydroxylation is 1. The zero-order chi connectivity index (χ0) is 22.2. The molecule has 1 N–H and O–H groups in total. The predicted molar refractivity (Wildman–Crippen MR) is 130 cm³/mol. The molecule has 4 nitrogen and oxygen atoms in total. The number of carboxylic acid groups (broad SMARTS) is 1. The summed E-state index contributed by atoms with van der Waals surface area (Å²) < 4.78 is 11.0. The Morgan fingerprint density at radius 2 is 1.62 bits per heavy atom. The molecule has 4 rings (SSSR count). The summed E-state index contributed by atoms with van der Waals surface area (Å²) in [7, 11) is 0. The molecule has 32 heavy (non-hydrogen) atoms. The van der Waals surface area contributed by atoms with E-state index in [1.54, 1.807) is 12.3 Å². The van der Waals surface area contributed by atoms with Crippen LogP contribution in [-0.4, -0.2) is 29.2 Å². The molecule has 5 heteroatoms. The minimum atomic E-state index is -1.00. The van der Waals surface area contributed by atoms with E-state index in [1.807, 2.05) is 23.9 Å². The van der Waals surface area contributed by atoms with Gasteiger partial charge in [-0.25, -0.2) is 4.79 Å². The lowest BCUT2D eigenvalue weighted by atomic mass is 9.93. The van der Waals surface area contributed by atoms with Crippen LogP contribution >= 0.6 is 11.8 Å². The Morgan fingerprint density at radius 1 is 0.938 bits per heavy atom. The molecule has 4 aromatic rings. The predicted octanol–water partition coefficient (Wildman–Crippen LogP) is 6.39. The number of aliphatic carboxylic acids is 1. The summed E-state index contributed by atoms with van der Waals surface area (Å²) in [6.45, 7) is -0.379. The van der Waals surface area contributed by atoms with Gasteiger partial charge in [-0.1, -0.05) is 72.8 Å². The normalized spacial score (nSPS) is 11.2. The average Bonchev–Trinajstić information content (AvgIpc) is 3.25. The van der Waals surface area contributed by atoms with Gasteiger partial charge in [0, 0.05) is 17.1 Å². The third-order valence-electron chi connectivity index (χ3n) is 5.42. The molecule has 0 saturated carbocycles. The molecule has 0 atom stereocenters. The van der Waals surface area contributed by atoms with Crippen molar-refractivity contribution in [2.45, 2.75) is 18.8 Å². The lowest BCUT2D eigenvalue weighted by Crippen LogP contribution is -2.09. The number of furan rings is 1. The fourth-order valence-electron chi connectivity index (χ4n) is 3.85. The van der Waals surface area contributed by atoms with Gasteiger partial charge in [0.15, 0.2) is 17.9 Å². The van der Waals surface area contributed by atoms with E-state index in [0.29, 0.717) is 17.3 Å². The van der Waals surface area contributed by atoms with E-state index < -0.39 is 5.97 Å². The number of ether oxygens (including phenoxy) is 1. The van der Waals surface area contributed by atoms with Gasteiger partial charge in [0.2, 0.25) is 0 Å². The third-order valence-corrected chi connectivity index (χ3v) is 6.56. The van der Waals surface area contributed by atoms with Crippen molar-refractivity contribution in [3.63, 3.8) is 0 Å². The number of hydrogen-bond donors (Lipinski definition) is 1. The highest BCUT2D eigenvalue weighted by Gasteiger charge is 2.15. The van der Waals surface area contributed by atoms with Gasteiger partial charge in [-0.15, -0.1) is 0 Å². The summed E-state index contributed by atoms with van der Waals surface area (Å²) in [5.74, 6) is 1.94. The minimum Gasteiger partial charge on any atom is -0.479 e. The van der Waals surface area contributed by atoms with Crippen molar-refractivity contribution in [1.29, 1.82) is 0 Å². The second kappa shape index (κ2) is 10.9. The van der Waals surface area contributed by atoms with Crippen LogP contribution in [0.2, 0.25) is 0 Å². The van der Waals surface area contributed by atoms with Crippen molar-refractivity contribution in [2.24, 2.45) is 0 Å². The van der Waals surface area contributed by atoms with Gasteiger partial charge in [0.05, 0.1) is 6.26 Å². The van der Waals surface area contributed by atoms with Crippen molar-refractivity contribution in [3.8, 4) is 5.75 Å². The molecule has 0 amide bonds. The molecule has 0 fully saturated rings. The molecule has 0 spiro atoms. The third kappa shape index (κ3) is 5.54. The molecule has 0 aliphatic rings. The van der Waals surface area contributed by atoms with Gasteiger partial charge in [0.1, 0.15) is 0 Å². The Bertz CT molecular complexity index is 1100. The maximum atomic E-state index is 10.8. The van der Waals surface area contributed by atoms with Crippen molar-refractivity contribution in [1.82, 2.24) is 0 Å². The van der Waals surface area contributed by atoms with E-state index in [1.165, 1.54) is 11.1 Å². The smallest absolute Gasteiger partial charge is 0.341 e. The van der Waals surface area contributed by atoms with Crippen LogP contribution in [0.25, 0.3) is 11.0 Å². The number of thioether (sulfide) groups is 1. The lowest BCUT2D eigenvalue weighted by Gasteiger charge is -2.17. The highest BCUT2D eigenvalue weighted by atomic mass is 32.2. The first-order valence-electron chi connectivity index (χ1n) is 10.7. The van der Waals surface area contributed by atoms with Crippen LogP contribution in [0.3, 0.4) is 0 Å². The monoisotopic (exact) mass is 446 g/mol. The minimum absolute atomic E-state index is 0.379. The van der Waals surface area contributed by atoms with Crippen LogP contribution in [0.4, 0.5) is 0 Å². The van der Waals surface area contributed by atoms with Crippen molar-refractivity contribution < 1.29 is 19.1 Å². The van der Waals surface area contributed by atoms with Gasteiger partial charge < -0.3 is 14.3 Å². The summed E-state index contributed by atoms with van der Waals surface area (Å²) in [5.41, 5.74) is 4.44. The lowest BCUT2D eigenvalue weighted by molar-refractivity contribution is -0.139. The molecular formula is C27H26O4S. The zero-order valence-corrected chi connectivity index (χ0v) is 18.6. The molecule has 0 bridgehead atoms. The van der Waals surface area contributed by atoms with Crippen LogP contribution in [0.15, 0.2) is 89.5 Å². The molecule has 1 heterocycles. The average molecular weight is 447 g/mol. The van der Waals surface area contributed by atoms with Crippen molar-refractivity contribution >= 4 is 28.7 Å². The number of hydrogen-bond acceptors (Lipinski definition) is 4. The number of carboxylic acids is 1. The second-order valence-corrected chi connectivity index (χ2v) is 8.78. The fourth-order valence-corrected chi connectivity index (χ4v) is 4.99. The topological polar surface area (TPSA) is 59.7 Å². The van der Waals surface area contributed by atoms with E-state index in [-0.39, 0.29) is 6.61 Å². The Balaban J connectivity index is 1.34. The molecule has 3 aromatic carbocycles. The van der Waals surface area contributed by atoms with Crippen molar-refractivity contribution in [3.05, 3.63) is 102 Å². The first kappa shape index (κ1) is 22.0. The fraction of sp³-hybridized carbons (Fsp3) is 0.222. The summed E-state index contributed by atoms with van der Waals surface area (Å²) in [4.78, 5) is 10.8. The summed E-state index contributed by atoms with van der Waals surface area (Å²) in [6, 6.07) is 27.0. The molecule has 0 radical (unpaired) electrons. The maximum Gasteiger partial charge on any atom is 0.341 e. The number of carbonyl (C=O) groups is 1. The van der Waals surface area contributed by atoms with Crippen LogP contribution < -0.4 is 4.74 Å². The molecule has 0 unspecified atom stereocenters. The van der Waals surface area contributed by atoms with Gasteiger partial charge >= 0.3 is 5.97 Å². The Labute approximate surface area is 192 Å². The molecule has 0 aliphatic carbocycles. The summed E-state index contributed by atoms with van der Waals surface area (Å²) >= 11 is 1.97. The quantitative estimate of drug-likeness (QED) is 0.270. The summed E-state index contributed by atoms with van der Waals surface area (Å²) in [5, 5.41) is 9.84. The molecule has 0 aliphatic heterocycles. The van der Waals surface area contributed by atoms with E-state index in [0.717, 1.165) is 35.3 Å². The van der Waals surface area contributed by atoms with Crippen LogP contribution in [0.1, 0.15) is 29.0 Å². The zero-order valence-electron chi connectivity index (χ0n) is 17.8. The van der Waals surface area contributed by atoms with E-state index in [9.17, 15) is 4.79 Å². The molecule has 0 saturated heterocycles. The van der Waals surface area contributed by atoms with Gasteiger partial charge in [-0.05, 0) is 41.4 Å². The van der Waals surface area contributed by atoms with Gasteiger partial charge in [0.25, 0.3) is 0 Å². The van der Waals surface area contributed by atoms with E-state index >= 15 is 0 Å². The van der Waals surface area contributed by atoms with Crippen molar-refractivity contribution in [2.75, 3.05) is 18.1 Å². The standard InChI is InChI=1S/C27H26O4S/c28-26(29)18-30-25-15-7-14-23-22(17-31-27(23)25)13-8-16-32-19-24(20-9-3-1-4-10-20)21-11-5-2-6-12-21/h1-7,9-12,14-15,17,24H,8,13,16,18-19H2,(H,28,29). The first-order chi connectivity index (χ1) is 15.7. The molecule has 164 valence electrons. The number of fused-ring (bicyclic) bond motifs is 1. The van der Waals surface area contributed by atoms with Gasteiger partial charge in [-0.2, -0.15) is 11.8 Å². The highest BCUT2D eigenvalue weighted by molar-refractivity contribution is 7.99. The molecule has 1 aromatic heterocycles. The van der Waals surface area contributed by atoms with E-state index in [4.69, 9.17) is 14.3 Å². The van der Waals surface area contributed by atoms with Crippen LogP contribution in [-0.2, 0) is 11.2 Å². The largest absolute Gasteiger partial charge is 0.479 e. The first-order valence-corrected chi connectivity index (χ1v) is 11.9. The molecular weight excluding hydrogens is 420 g/mol. The Kier molecular flexibility index (Phi) is 7.51. The number of rotatable bonds is 11. The Morgan fingerprint density at radius 3 is 2.28 bits per heavy atom. The second-order valence-electron chi connectivity index (χ2n) is 7.63. The number of para-hydroxylation sites is 1. The highest BCUT2D eigenvalue weighted by Crippen LogP contribution is 2.32. The maximum absolute atomic E-state index is 10.8. The van der Waals surface area contributed by atoms with Crippen LogP contribution in [0.5, 0.6) is 5.75 Å². The summed E-state index contributed by atoms with van der Waals surface area (Å²) in [6.07, 6.45) is 3.71. The van der Waals surface area contributed by atoms with E-state index in [2.05, 4.69) is 60.7 Å². The van der Waals surface area contributed by atoms with Gasteiger partial charge in [-0.3, -0.25) is 0 Å². The Hall–Kier alpha value is -3.18. The SMILES string of the molecule is O=C(O)COc1cccc2c(CCCSCC(c3ccccc3)c3ccccc3)coc12.